The molecule has 0 aliphatic heterocycles. The minimum absolute atomic E-state index is 0.268. The average molecular weight is 133 g/mol. The van der Waals surface area contributed by atoms with E-state index in [1.807, 2.05) is 0 Å². The van der Waals surface area contributed by atoms with Crippen LogP contribution >= 0.6 is 11.6 Å². The Labute approximate surface area is 55.0 Å². The van der Waals surface area contributed by atoms with E-state index in [1.54, 1.807) is 0 Å². The summed E-state index contributed by atoms with van der Waals surface area (Å²) >= 11 is 5.21. The first-order valence-corrected chi connectivity index (χ1v) is 3.02. The Morgan fingerprint density at radius 2 is 2.38 bits per heavy atom. The van der Waals surface area contributed by atoms with E-state index in [0.717, 1.165) is 12.8 Å². The van der Waals surface area contributed by atoms with Crippen LogP contribution in [0.2, 0.25) is 0 Å². The lowest BCUT2D eigenvalue weighted by atomic mass is 10.3. The van der Waals surface area contributed by atoms with Crippen molar-refractivity contribution in [3.63, 3.8) is 0 Å². The summed E-state index contributed by atoms with van der Waals surface area (Å²) < 4.78 is 4.81. The molecule has 0 fully saturated rings. The largest absolute Gasteiger partial charge is 0.366 e. The third-order valence-electron chi connectivity index (χ3n) is 0.687. The highest BCUT2D eigenvalue weighted by Gasteiger charge is 1.81. The molecule has 0 spiro atoms. The van der Waals surface area contributed by atoms with Gasteiger partial charge in [-0.05, 0) is 6.42 Å². The van der Waals surface area contributed by atoms with E-state index in [1.165, 1.54) is 0 Å². The lowest BCUT2D eigenvalue weighted by Gasteiger charge is -1.93. The molecule has 0 bridgehead atoms. The Balaban J connectivity index is 2.65. The number of alkyl halides is 1. The molecule has 8 heavy (non-hydrogen) atoms. The van der Waals surface area contributed by atoms with Crippen LogP contribution < -0.4 is 0 Å². The first-order valence-electron chi connectivity index (χ1n) is 2.49. The molecule has 0 saturated carbocycles. The topological polar surface area (TPSA) is 9.23 Å². The molecule has 0 atom stereocenters. The van der Waals surface area contributed by atoms with Gasteiger partial charge in [-0.15, -0.1) is 12.3 Å². The number of ether oxygens (including phenoxy) is 1. The zero-order valence-electron chi connectivity index (χ0n) is 4.69. The van der Waals surface area contributed by atoms with Gasteiger partial charge in [-0.2, -0.15) is 0 Å². The molecule has 1 nitrogen and oxygen atoms in total. The first kappa shape index (κ1) is 7.81. The maximum Gasteiger partial charge on any atom is 0.120 e. The molecule has 2 heteroatoms. The predicted molar refractivity (Wildman–Crippen MR) is 34.7 cm³/mol. The first-order chi connectivity index (χ1) is 3.91. The van der Waals surface area contributed by atoms with Crippen LogP contribution in [0.15, 0.2) is 0 Å². The zero-order chi connectivity index (χ0) is 6.24. The number of halogens is 1. The lowest BCUT2D eigenvalue weighted by Crippen LogP contribution is -1.89. The molecule has 0 aromatic carbocycles. The van der Waals surface area contributed by atoms with E-state index >= 15 is 0 Å². The monoisotopic (exact) mass is 132 g/mol. The second-order valence-electron chi connectivity index (χ2n) is 1.33. The van der Waals surface area contributed by atoms with Crippen molar-refractivity contribution in [3.8, 4) is 12.3 Å². The molecular formula is C6H9ClO. The SMILES string of the molecule is C#CCCCOCCl. The van der Waals surface area contributed by atoms with E-state index in [-0.39, 0.29) is 6.07 Å². The van der Waals surface area contributed by atoms with Gasteiger partial charge in [0.15, 0.2) is 0 Å². The van der Waals surface area contributed by atoms with E-state index in [0.29, 0.717) is 6.61 Å². The molecular weight excluding hydrogens is 124 g/mol. The van der Waals surface area contributed by atoms with E-state index in [9.17, 15) is 0 Å². The highest BCUT2D eigenvalue weighted by molar-refractivity contribution is 6.17. The number of hydrogen-bond donors (Lipinski definition) is 0. The fourth-order valence-electron chi connectivity index (χ4n) is 0.331. The molecule has 0 unspecified atom stereocenters. The Hall–Kier alpha value is -0.190. The van der Waals surface area contributed by atoms with Crippen LogP contribution in [0.25, 0.3) is 0 Å². The molecule has 46 valence electrons. The third kappa shape index (κ3) is 5.81. The van der Waals surface area contributed by atoms with Gasteiger partial charge in [0.1, 0.15) is 6.07 Å². The van der Waals surface area contributed by atoms with Crippen LogP contribution in [0.1, 0.15) is 12.8 Å². The van der Waals surface area contributed by atoms with Crippen molar-refractivity contribution in [1.82, 2.24) is 0 Å². The van der Waals surface area contributed by atoms with Crippen LogP contribution in [0.3, 0.4) is 0 Å². The van der Waals surface area contributed by atoms with Crippen molar-refractivity contribution >= 4 is 11.6 Å². The fraction of sp³-hybridized carbons (Fsp3) is 0.667. The quantitative estimate of drug-likeness (QED) is 0.321. The molecule has 0 aliphatic rings. The molecule has 0 heterocycles. The van der Waals surface area contributed by atoms with Crippen molar-refractivity contribution in [2.24, 2.45) is 0 Å². The van der Waals surface area contributed by atoms with Crippen LogP contribution in [-0.2, 0) is 4.74 Å². The van der Waals surface area contributed by atoms with Gasteiger partial charge in [0, 0.05) is 13.0 Å². The second kappa shape index (κ2) is 6.81. The number of hydrogen-bond acceptors (Lipinski definition) is 1. The van der Waals surface area contributed by atoms with Crippen molar-refractivity contribution in [1.29, 1.82) is 0 Å². The summed E-state index contributed by atoms with van der Waals surface area (Å²) in [7, 11) is 0. The maximum absolute atomic E-state index is 5.21. The number of unbranched alkanes of at least 4 members (excludes halogenated alkanes) is 1. The molecule has 0 aliphatic carbocycles. The lowest BCUT2D eigenvalue weighted by molar-refractivity contribution is 0.177. The average Bonchev–Trinajstić information content (AvgIpc) is 1.81. The van der Waals surface area contributed by atoms with E-state index < -0.39 is 0 Å². The maximum atomic E-state index is 5.21. The van der Waals surface area contributed by atoms with Gasteiger partial charge in [0.2, 0.25) is 0 Å². The molecule has 0 N–H and O–H groups in total. The van der Waals surface area contributed by atoms with E-state index in [2.05, 4.69) is 5.92 Å². The van der Waals surface area contributed by atoms with Crippen LogP contribution in [-0.4, -0.2) is 12.7 Å². The summed E-state index contributed by atoms with van der Waals surface area (Å²) in [5.41, 5.74) is 0. The van der Waals surface area contributed by atoms with Crippen LogP contribution in [0.4, 0.5) is 0 Å². The Kier molecular flexibility index (Phi) is 6.65. The normalized spacial score (nSPS) is 8.50. The second-order valence-corrected chi connectivity index (χ2v) is 1.54. The Bertz CT molecular complexity index is 75.1. The van der Waals surface area contributed by atoms with Gasteiger partial charge in [0.25, 0.3) is 0 Å². The standard InChI is InChI=1S/C6H9ClO/c1-2-3-4-5-8-6-7/h1H,3-6H2. The van der Waals surface area contributed by atoms with Crippen LogP contribution in [0.5, 0.6) is 0 Å². The minimum atomic E-state index is 0.268. The smallest absolute Gasteiger partial charge is 0.120 e. The Morgan fingerprint density at radius 1 is 1.62 bits per heavy atom. The molecule has 0 radical (unpaired) electrons. The van der Waals surface area contributed by atoms with Crippen molar-refractivity contribution < 1.29 is 4.74 Å². The van der Waals surface area contributed by atoms with Gasteiger partial charge in [-0.1, -0.05) is 11.6 Å². The van der Waals surface area contributed by atoms with Crippen LogP contribution in [0, 0.1) is 12.3 Å². The summed E-state index contributed by atoms with van der Waals surface area (Å²) in [5.74, 6) is 2.50. The molecule has 0 aromatic rings. The highest BCUT2D eigenvalue weighted by Crippen LogP contribution is 1.87. The highest BCUT2D eigenvalue weighted by atomic mass is 35.5. The number of rotatable bonds is 4. The predicted octanol–water partition coefficient (Wildman–Crippen LogP) is 1.61. The summed E-state index contributed by atoms with van der Waals surface area (Å²) in [4.78, 5) is 0. The summed E-state index contributed by atoms with van der Waals surface area (Å²) in [6.45, 7) is 0.674. The minimum Gasteiger partial charge on any atom is -0.366 e. The summed E-state index contributed by atoms with van der Waals surface area (Å²) in [6, 6.07) is 0.268. The summed E-state index contributed by atoms with van der Waals surface area (Å²) in [6.07, 6.45) is 6.65. The molecule has 0 rings (SSSR count). The molecule has 0 saturated heterocycles. The zero-order valence-corrected chi connectivity index (χ0v) is 5.45. The van der Waals surface area contributed by atoms with Crippen molar-refractivity contribution in [2.75, 3.05) is 12.7 Å². The summed E-state index contributed by atoms with van der Waals surface area (Å²) in [5, 5.41) is 0. The Morgan fingerprint density at radius 3 is 2.88 bits per heavy atom. The van der Waals surface area contributed by atoms with Gasteiger partial charge < -0.3 is 4.74 Å². The van der Waals surface area contributed by atoms with E-state index in [4.69, 9.17) is 22.8 Å². The van der Waals surface area contributed by atoms with Crippen molar-refractivity contribution in [2.45, 2.75) is 12.8 Å². The van der Waals surface area contributed by atoms with Gasteiger partial charge in [-0.3, -0.25) is 0 Å². The van der Waals surface area contributed by atoms with Crippen molar-refractivity contribution in [3.05, 3.63) is 0 Å². The van der Waals surface area contributed by atoms with Gasteiger partial charge >= 0.3 is 0 Å². The molecule has 0 aromatic heterocycles. The van der Waals surface area contributed by atoms with Gasteiger partial charge in [0.05, 0.1) is 0 Å². The van der Waals surface area contributed by atoms with Gasteiger partial charge in [-0.25, -0.2) is 0 Å². The third-order valence-corrected chi connectivity index (χ3v) is 0.841. The fourth-order valence-corrected chi connectivity index (χ4v) is 0.440. The molecule has 0 amide bonds. The number of terminal acetylenes is 1.